The molecule has 15 heavy (non-hydrogen) atoms. The van der Waals surface area contributed by atoms with Gasteiger partial charge in [-0.2, -0.15) is 0 Å². The highest BCUT2D eigenvalue weighted by molar-refractivity contribution is 5.85. The summed E-state index contributed by atoms with van der Waals surface area (Å²) in [4.78, 5) is 11.0. The molecule has 0 aliphatic heterocycles. The number of hydrogen-bond donors (Lipinski definition) is 1. The molecule has 0 atom stereocenters. The van der Waals surface area contributed by atoms with E-state index in [-0.39, 0.29) is 31.0 Å². The van der Waals surface area contributed by atoms with Crippen LogP contribution in [0.5, 0.6) is 0 Å². The van der Waals surface area contributed by atoms with E-state index in [0.29, 0.717) is 0 Å². The third kappa shape index (κ3) is 2.70. The summed E-state index contributed by atoms with van der Waals surface area (Å²) in [7, 11) is 0. The van der Waals surface area contributed by atoms with Gasteiger partial charge in [0.05, 0.1) is 6.54 Å². The molecule has 1 aromatic carbocycles. The molecule has 0 spiro atoms. The molecule has 0 heterocycles. The standard InChI is InChI=1S/C11H13NO2.ClH/c12-7-11(13)14-10-5-8-3-1-2-4-9(8)6-10;/h1-4,10H,5-7,12H2;1H. The Morgan fingerprint density at radius 1 is 1.33 bits per heavy atom. The number of benzene rings is 1. The number of halogens is 1. The van der Waals surface area contributed by atoms with Crippen LogP contribution in [0.2, 0.25) is 0 Å². The summed E-state index contributed by atoms with van der Waals surface area (Å²) >= 11 is 0. The van der Waals surface area contributed by atoms with Gasteiger partial charge in [-0.15, -0.1) is 12.4 Å². The molecule has 4 heteroatoms. The van der Waals surface area contributed by atoms with E-state index < -0.39 is 0 Å². The molecule has 2 N–H and O–H groups in total. The lowest BCUT2D eigenvalue weighted by molar-refractivity contribution is -0.146. The van der Waals surface area contributed by atoms with Crippen LogP contribution in [-0.4, -0.2) is 18.6 Å². The predicted molar refractivity (Wildman–Crippen MR) is 60.0 cm³/mol. The molecule has 2 rings (SSSR count). The molecule has 0 saturated carbocycles. The molecule has 0 fully saturated rings. The Morgan fingerprint density at radius 2 is 1.87 bits per heavy atom. The summed E-state index contributed by atoms with van der Waals surface area (Å²) in [6, 6.07) is 8.16. The zero-order valence-electron chi connectivity index (χ0n) is 8.31. The molecule has 0 aromatic heterocycles. The van der Waals surface area contributed by atoms with Crippen molar-refractivity contribution in [2.45, 2.75) is 18.9 Å². The van der Waals surface area contributed by atoms with Crippen LogP contribution in [0.3, 0.4) is 0 Å². The number of carbonyl (C=O) groups excluding carboxylic acids is 1. The molecular formula is C11H14ClNO2. The first kappa shape index (κ1) is 12.0. The smallest absolute Gasteiger partial charge is 0.319 e. The van der Waals surface area contributed by atoms with Gasteiger partial charge in [-0.3, -0.25) is 4.79 Å². The summed E-state index contributed by atoms with van der Waals surface area (Å²) in [5, 5.41) is 0. The highest BCUT2D eigenvalue weighted by Gasteiger charge is 2.23. The summed E-state index contributed by atoms with van der Waals surface area (Å²) in [6.45, 7) is -0.0349. The van der Waals surface area contributed by atoms with Crippen LogP contribution in [0.25, 0.3) is 0 Å². The van der Waals surface area contributed by atoms with Gasteiger partial charge in [0.1, 0.15) is 6.10 Å². The average molecular weight is 228 g/mol. The minimum absolute atomic E-state index is 0. The van der Waals surface area contributed by atoms with Crippen LogP contribution in [0.4, 0.5) is 0 Å². The van der Waals surface area contributed by atoms with Gasteiger partial charge in [-0.05, 0) is 11.1 Å². The summed E-state index contributed by atoms with van der Waals surface area (Å²) in [6.07, 6.45) is 1.63. The van der Waals surface area contributed by atoms with Crippen LogP contribution >= 0.6 is 12.4 Å². The van der Waals surface area contributed by atoms with Gasteiger partial charge >= 0.3 is 5.97 Å². The van der Waals surface area contributed by atoms with Crippen molar-refractivity contribution in [3.63, 3.8) is 0 Å². The second-order valence-corrected chi connectivity index (χ2v) is 3.49. The lowest BCUT2D eigenvalue weighted by Crippen LogP contribution is -2.24. The van der Waals surface area contributed by atoms with Gasteiger partial charge in [-0.1, -0.05) is 24.3 Å². The Kier molecular flexibility index (Phi) is 4.12. The first-order valence-corrected chi connectivity index (χ1v) is 4.76. The third-order valence-corrected chi connectivity index (χ3v) is 2.48. The summed E-state index contributed by atoms with van der Waals surface area (Å²) in [5.41, 5.74) is 7.74. The molecule has 0 amide bonds. The first-order valence-electron chi connectivity index (χ1n) is 4.76. The van der Waals surface area contributed by atoms with Crippen molar-refractivity contribution in [3.8, 4) is 0 Å². The highest BCUT2D eigenvalue weighted by Crippen LogP contribution is 2.23. The predicted octanol–water partition coefficient (Wildman–Crippen LogP) is 1.08. The van der Waals surface area contributed by atoms with Crippen LogP contribution in [-0.2, 0) is 22.4 Å². The molecule has 1 aliphatic rings. The third-order valence-electron chi connectivity index (χ3n) is 2.48. The maximum atomic E-state index is 11.0. The molecular weight excluding hydrogens is 214 g/mol. The van der Waals surface area contributed by atoms with E-state index in [1.54, 1.807) is 0 Å². The lowest BCUT2D eigenvalue weighted by atomic mass is 10.1. The van der Waals surface area contributed by atoms with Crippen LogP contribution in [0.1, 0.15) is 11.1 Å². The molecule has 0 unspecified atom stereocenters. The zero-order chi connectivity index (χ0) is 9.97. The Bertz CT molecular complexity index is 329. The van der Waals surface area contributed by atoms with E-state index in [9.17, 15) is 4.79 Å². The van der Waals surface area contributed by atoms with Gasteiger partial charge in [-0.25, -0.2) is 0 Å². The van der Waals surface area contributed by atoms with Crippen LogP contribution < -0.4 is 5.73 Å². The first-order chi connectivity index (χ1) is 6.79. The SMILES string of the molecule is Cl.NCC(=O)OC1Cc2ccccc2C1. The van der Waals surface area contributed by atoms with Crippen molar-refractivity contribution in [3.05, 3.63) is 35.4 Å². The Hall–Kier alpha value is -1.06. The largest absolute Gasteiger partial charge is 0.461 e. The molecule has 3 nitrogen and oxygen atoms in total. The molecule has 0 saturated heterocycles. The van der Waals surface area contributed by atoms with Crippen molar-refractivity contribution in [2.75, 3.05) is 6.54 Å². The number of nitrogens with two attached hydrogens (primary N) is 1. The monoisotopic (exact) mass is 227 g/mol. The van der Waals surface area contributed by atoms with Crippen molar-refractivity contribution < 1.29 is 9.53 Å². The van der Waals surface area contributed by atoms with E-state index in [1.807, 2.05) is 12.1 Å². The van der Waals surface area contributed by atoms with Crippen molar-refractivity contribution >= 4 is 18.4 Å². The quantitative estimate of drug-likeness (QED) is 0.770. The summed E-state index contributed by atoms with van der Waals surface area (Å²) in [5.74, 6) is -0.317. The number of rotatable bonds is 2. The van der Waals surface area contributed by atoms with E-state index in [0.717, 1.165) is 12.8 Å². The molecule has 1 aromatic rings. The number of esters is 1. The normalized spacial score (nSPS) is 14.2. The maximum Gasteiger partial charge on any atom is 0.319 e. The summed E-state index contributed by atoms with van der Waals surface area (Å²) < 4.78 is 5.18. The van der Waals surface area contributed by atoms with Gasteiger partial charge < -0.3 is 10.5 Å². The van der Waals surface area contributed by atoms with Crippen molar-refractivity contribution in [2.24, 2.45) is 5.73 Å². The van der Waals surface area contributed by atoms with Gasteiger partial charge in [0, 0.05) is 12.8 Å². The Balaban J connectivity index is 0.00000112. The second-order valence-electron chi connectivity index (χ2n) is 3.49. The topological polar surface area (TPSA) is 52.3 Å². The molecule has 1 aliphatic carbocycles. The molecule has 82 valence electrons. The van der Waals surface area contributed by atoms with Crippen molar-refractivity contribution in [1.29, 1.82) is 0 Å². The van der Waals surface area contributed by atoms with Gasteiger partial charge in [0.2, 0.25) is 0 Å². The van der Waals surface area contributed by atoms with Crippen molar-refractivity contribution in [1.82, 2.24) is 0 Å². The Labute approximate surface area is 95.0 Å². The van der Waals surface area contributed by atoms with Crippen LogP contribution in [0.15, 0.2) is 24.3 Å². The lowest BCUT2D eigenvalue weighted by Gasteiger charge is -2.09. The molecule has 0 radical (unpaired) electrons. The van der Waals surface area contributed by atoms with E-state index in [1.165, 1.54) is 11.1 Å². The van der Waals surface area contributed by atoms with E-state index in [4.69, 9.17) is 10.5 Å². The van der Waals surface area contributed by atoms with Crippen LogP contribution in [0, 0.1) is 0 Å². The highest BCUT2D eigenvalue weighted by atomic mass is 35.5. The minimum Gasteiger partial charge on any atom is -0.461 e. The number of carbonyl (C=O) groups is 1. The van der Waals surface area contributed by atoms with Gasteiger partial charge in [0.25, 0.3) is 0 Å². The number of ether oxygens (including phenoxy) is 1. The van der Waals surface area contributed by atoms with E-state index in [2.05, 4.69) is 12.1 Å². The fourth-order valence-corrected chi connectivity index (χ4v) is 1.84. The average Bonchev–Trinajstić information content (AvgIpc) is 2.59. The van der Waals surface area contributed by atoms with Gasteiger partial charge in [0.15, 0.2) is 0 Å². The zero-order valence-corrected chi connectivity index (χ0v) is 9.13. The second kappa shape index (κ2) is 5.14. The van der Waals surface area contributed by atoms with E-state index >= 15 is 0 Å². The fourth-order valence-electron chi connectivity index (χ4n) is 1.84. The number of fused-ring (bicyclic) bond motifs is 1. The minimum atomic E-state index is -0.317. The molecule has 0 bridgehead atoms. The Morgan fingerprint density at radius 3 is 2.33 bits per heavy atom. The fraction of sp³-hybridized carbons (Fsp3) is 0.364. The maximum absolute atomic E-state index is 11.0. The number of hydrogen-bond acceptors (Lipinski definition) is 3.